The van der Waals surface area contributed by atoms with Crippen LogP contribution in [0.2, 0.25) is 0 Å². The fourth-order valence-electron chi connectivity index (χ4n) is 2.47. The lowest BCUT2D eigenvalue weighted by Gasteiger charge is -2.35. The van der Waals surface area contributed by atoms with Gasteiger partial charge in [0, 0.05) is 13.2 Å². The lowest BCUT2D eigenvalue weighted by Crippen LogP contribution is -2.50. The average molecular weight is 257 g/mol. The molecule has 6 nitrogen and oxygen atoms in total. The molecular weight excluding hydrogens is 238 g/mol. The topological polar surface area (TPSA) is 76.1 Å². The Labute approximate surface area is 106 Å². The first-order valence-corrected chi connectivity index (χ1v) is 6.37. The van der Waals surface area contributed by atoms with E-state index in [1.807, 2.05) is 0 Å². The van der Waals surface area contributed by atoms with Crippen molar-refractivity contribution in [3.05, 3.63) is 0 Å². The van der Waals surface area contributed by atoms with E-state index in [-0.39, 0.29) is 24.5 Å². The fraction of sp³-hybridized carbons (Fsp3) is 0.833. The van der Waals surface area contributed by atoms with E-state index in [2.05, 4.69) is 0 Å². The lowest BCUT2D eigenvalue weighted by molar-refractivity contribution is -0.147. The molecule has 2 aliphatic heterocycles. The molecule has 0 saturated carbocycles. The van der Waals surface area contributed by atoms with E-state index in [1.54, 1.807) is 4.90 Å². The number of rotatable bonds is 4. The van der Waals surface area contributed by atoms with Crippen LogP contribution in [-0.2, 0) is 19.1 Å². The molecule has 2 saturated heterocycles. The van der Waals surface area contributed by atoms with E-state index < -0.39 is 5.97 Å². The van der Waals surface area contributed by atoms with E-state index in [0.717, 1.165) is 19.4 Å². The zero-order valence-electron chi connectivity index (χ0n) is 10.3. The van der Waals surface area contributed by atoms with Crippen molar-refractivity contribution < 1.29 is 24.2 Å². The number of morpholine rings is 1. The number of ether oxygens (including phenoxy) is 2. The number of hydrogen-bond acceptors (Lipinski definition) is 4. The number of carbonyl (C=O) groups is 2. The third kappa shape index (κ3) is 3.43. The molecule has 0 aliphatic carbocycles. The summed E-state index contributed by atoms with van der Waals surface area (Å²) in [5.74, 6) is -0.920. The predicted octanol–water partition coefficient (Wildman–Crippen LogP) is 0.258. The fourth-order valence-corrected chi connectivity index (χ4v) is 2.47. The van der Waals surface area contributed by atoms with Crippen molar-refractivity contribution >= 4 is 11.9 Å². The molecule has 0 aromatic heterocycles. The summed E-state index contributed by atoms with van der Waals surface area (Å²) in [6.07, 6.45) is 2.22. The van der Waals surface area contributed by atoms with Gasteiger partial charge in [0.2, 0.25) is 5.91 Å². The first-order valence-electron chi connectivity index (χ1n) is 6.37. The normalized spacial score (nSPS) is 28.3. The first kappa shape index (κ1) is 13.3. The van der Waals surface area contributed by atoms with E-state index in [9.17, 15) is 9.59 Å². The molecule has 0 aromatic rings. The van der Waals surface area contributed by atoms with Crippen molar-refractivity contribution in [2.75, 3.05) is 26.4 Å². The van der Waals surface area contributed by atoms with Crippen LogP contribution in [0.3, 0.4) is 0 Å². The number of carboxylic acid groups (broad SMARTS) is 1. The zero-order valence-corrected chi connectivity index (χ0v) is 10.3. The van der Waals surface area contributed by atoms with E-state index >= 15 is 0 Å². The van der Waals surface area contributed by atoms with Crippen LogP contribution in [0.25, 0.3) is 0 Å². The van der Waals surface area contributed by atoms with Gasteiger partial charge >= 0.3 is 5.97 Å². The van der Waals surface area contributed by atoms with Gasteiger partial charge < -0.3 is 19.5 Å². The van der Waals surface area contributed by atoms with Gasteiger partial charge in [0.25, 0.3) is 0 Å². The van der Waals surface area contributed by atoms with Gasteiger partial charge in [-0.15, -0.1) is 0 Å². The van der Waals surface area contributed by atoms with Gasteiger partial charge in [0.05, 0.1) is 38.2 Å². The second kappa shape index (κ2) is 6.15. The van der Waals surface area contributed by atoms with E-state index in [0.29, 0.717) is 26.2 Å². The summed E-state index contributed by atoms with van der Waals surface area (Å²) in [6.45, 7) is 1.99. The van der Waals surface area contributed by atoms with Crippen LogP contribution in [0, 0.1) is 0 Å². The van der Waals surface area contributed by atoms with Gasteiger partial charge in [-0.3, -0.25) is 9.59 Å². The Balaban J connectivity index is 1.90. The SMILES string of the molecule is O=C(O)CC1COCCN1C(=O)CC1CCCO1. The van der Waals surface area contributed by atoms with Crippen LogP contribution in [-0.4, -0.2) is 60.4 Å². The minimum absolute atomic E-state index is 0.00539. The van der Waals surface area contributed by atoms with Crippen molar-refractivity contribution in [2.24, 2.45) is 0 Å². The summed E-state index contributed by atoms with van der Waals surface area (Å²) < 4.78 is 10.7. The Morgan fingerprint density at radius 1 is 1.28 bits per heavy atom. The van der Waals surface area contributed by atoms with Gasteiger partial charge in [-0.2, -0.15) is 0 Å². The highest BCUT2D eigenvalue weighted by Gasteiger charge is 2.31. The Bertz CT molecular complexity index is 314. The summed E-state index contributed by atoms with van der Waals surface area (Å²) in [7, 11) is 0. The zero-order chi connectivity index (χ0) is 13.0. The third-order valence-electron chi connectivity index (χ3n) is 3.38. The summed E-state index contributed by atoms with van der Waals surface area (Å²) >= 11 is 0. The maximum absolute atomic E-state index is 12.1. The summed E-state index contributed by atoms with van der Waals surface area (Å²) in [4.78, 5) is 24.5. The van der Waals surface area contributed by atoms with Gasteiger partial charge in [-0.1, -0.05) is 0 Å². The van der Waals surface area contributed by atoms with Crippen LogP contribution in [0.4, 0.5) is 0 Å². The van der Waals surface area contributed by atoms with Crippen molar-refractivity contribution in [1.29, 1.82) is 0 Å². The molecule has 0 aromatic carbocycles. The quantitative estimate of drug-likeness (QED) is 0.781. The average Bonchev–Trinajstić information content (AvgIpc) is 2.81. The molecule has 0 radical (unpaired) electrons. The highest BCUT2D eigenvalue weighted by Crippen LogP contribution is 2.19. The Morgan fingerprint density at radius 3 is 2.78 bits per heavy atom. The Hall–Kier alpha value is -1.14. The molecule has 2 aliphatic rings. The summed E-state index contributed by atoms with van der Waals surface area (Å²) in [6, 6.07) is -0.342. The molecule has 2 atom stereocenters. The minimum atomic E-state index is -0.902. The molecule has 2 fully saturated rings. The third-order valence-corrected chi connectivity index (χ3v) is 3.38. The lowest BCUT2D eigenvalue weighted by atomic mass is 10.1. The summed E-state index contributed by atoms with van der Waals surface area (Å²) in [5.41, 5.74) is 0. The number of hydrogen-bond donors (Lipinski definition) is 1. The second-order valence-electron chi connectivity index (χ2n) is 4.75. The molecule has 0 spiro atoms. The predicted molar refractivity (Wildman–Crippen MR) is 62.2 cm³/mol. The van der Waals surface area contributed by atoms with Crippen molar-refractivity contribution in [3.63, 3.8) is 0 Å². The minimum Gasteiger partial charge on any atom is -0.481 e. The van der Waals surface area contributed by atoms with Crippen LogP contribution >= 0.6 is 0 Å². The molecule has 18 heavy (non-hydrogen) atoms. The standard InChI is InChI=1S/C12H19NO5/c14-11(7-10-2-1-4-18-10)13-3-5-17-8-9(13)6-12(15)16/h9-10H,1-8H2,(H,15,16). The van der Waals surface area contributed by atoms with Crippen molar-refractivity contribution in [2.45, 2.75) is 37.8 Å². The number of carboxylic acids is 1. The maximum atomic E-state index is 12.1. The number of carbonyl (C=O) groups excluding carboxylic acids is 1. The molecule has 2 rings (SSSR count). The smallest absolute Gasteiger partial charge is 0.305 e. The largest absolute Gasteiger partial charge is 0.481 e. The maximum Gasteiger partial charge on any atom is 0.305 e. The Kier molecular flexibility index (Phi) is 4.54. The second-order valence-corrected chi connectivity index (χ2v) is 4.75. The van der Waals surface area contributed by atoms with Gasteiger partial charge in [0.15, 0.2) is 0 Å². The highest BCUT2D eigenvalue weighted by molar-refractivity contribution is 5.78. The van der Waals surface area contributed by atoms with E-state index in [4.69, 9.17) is 14.6 Å². The van der Waals surface area contributed by atoms with Crippen molar-refractivity contribution in [3.8, 4) is 0 Å². The molecule has 102 valence electrons. The molecule has 1 N–H and O–H groups in total. The van der Waals surface area contributed by atoms with Crippen LogP contribution < -0.4 is 0 Å². The highest BCUT2D eigenvalue weighted by atomic mass is 16.5. The van der Waals surface area contributed by atoms with E-state index in [1.165, 1.54) is 0 Å². The molecular formula is C12H19NO5. The Morgan fingerprint density at radius 2 is 2.11 bits per heavy atom. The van der Waals surface area contributed by atoms with Crippen LogP contribution in [0.5, 0.6) is 0 Å². The van der Waals surface area contributed by atoms with Gasteiger partial charge in [-0.25, -0.2) is 0 Å². The number of nitrogens with zero attached hydrogens (tertiary/aromatic N) is 1. The van der Waals surface area contributed by atoms with Crippen LogP contribution in [0.15, 0.2) is 0 Å². The summed E-state index contributed by atoms with van der Waals surface area (Å²) in [5, 5.41) is 8.83. The number of amides is 1. The molecule has 2 unspecified atom stereocenters. The molecule has 2 heterocycles. The first-order chi connectivity index (χ1) is 8.66. The van der Waals surface area contributed by atoms with Crippen LogP contribution in [0.1, 0.15) is 25.7 Å². The molecule has 6 heteroatoms. The molecule has 0 bridgehead atoms. The van der Waals surface area contributed by atoms with Gasteiger partial charge in [-0.05, 0) is 12.8 Å². The van der Waals surface area contributed by atoms with Crippen molar-refractivity contribution in [1.82, 2.24) is 4.90 Å². The monoisotopic (exact) mass is 257 g/mol. The number of aliphatic carboxylic acids is 1. The molecule has 1 amide bonds. The van der Waals surface area contributed by atoms with Gasteiger partial charge in [0.1, 0.15) is 0 Å².